The third-order valence-corrected chi connectivity index (χ3v) is 4.83. The standard InChI is InChI=1S/C19H24N2O3/c1-20(10-6-15-8-12-24-13-9-15)18(22)14-21-11-7-16-4-2-3-5-17(16)19(21)23/h2-5,7,11,15H,6,8-10,12-14H2,1H3. The number of rotatable bonds is 5. The van der Waals surface area contributed by atoms with Crippen LogP contribution in [0.2, 0.25) is 0 Å². The SMILES string of the molecule is CN(CCC1CCOCC1)C(=O)Cn1ccc2ccccc2c1=O. The van der Waals surface area contributed by atoms with Crippen molar-refractivity contribution in [2.75, 3.05) is 26.8 Å². The zero-order valence-electron chi connectivity index (χ0n) is 14.1. The predicted molar refractivity (Wildman–Crippen MR) is 94.0 cm³/mol. The smallest absolute Gasteiger partial charge is 0.258 e. The number of ether oxygens (including phenoxy) is 1. The first-order valence-electron chi connectivity index (χ1n) is 8.55. The second-order valence-electron chi connectivity index (χ2n) is 6.50. The van der Waals surface area contributed by atoms with Crippen LogP contribution in [0, 0.1) is 5.92 Å². The third-order valence-electron chi connectivity index (χ3n) is 4.83. The van der Waals surface area contributed by atoms with Gasteiger partial charge in [0.05, 0.1) is 0 Å². The molecule has 1 saturated heterocycles. The minimum Gasteiger partial charge on any atom is -0.381 e. The summed E-state index contributed by atoms with van der Waals surface area (Å²) in [5.41, 5.74) is -0.112. The van der Waals surface area contributed by atoms with Crippen LogP contribution >= 0.6 is 0 Å². The number of carbonyl (C=O) groups is 1. The van der Waals surface area contributed by atoms with Crippen molar-refractivity contribution in [3.63, 3.8) is 0 Å². The molecule has 0 unspecified atom stereocenters. The molecule has 2 aromatic rings. The number of aromatic nitrogens is 1. The highest BCUT2D eigenvalue weighted by Crippen LogP contribution is 2.18. The second kappa shape index (κ2) is 7.62. The Hall–Kier alpha value is -2.14. The number of nitrogens with zero attached hydrogens (tertiary/aromatic N) is 2. The van der Waals surface area contributed by atoms with Crippen molar-refractivity contribution in [1.29, 1.82) is 0 Å². The number of benzene rings is 1. The number of likely N-dealkylation sites (N-methyl/N-ethyl adjacent to an activating group) is 1. The van der Waals surface area contributed by atoms with E-state index in [1.165, 1.54) is 4.57 Å². The summed E-state index contributed by atoms with van der Waals surface area (Å²) in [6.07, 6.45) is 4.85. The maximum absolute atomic E-state index is 12.5. The van der Waals surface area contributed by atoms with E-state index >= 15 is 0 Å². The van der Waals surface area contributed by atoms with Gasteiger partial charge in [0.25, 0.3) is 5.56 Å². The molecule has 1 amide bonds. The lowest BCUT2D eigenvalue weighted by atomic mass is 9.96. The van der Waals surface area contributed by atoms with E-state index in [0.717, 1.165) is 44.4 Å². The van der Waals surface area contributed by atoms with Crippen LogP contribution in [0.4, 0.5) is 0 Å². The largest absolute Gasteiger partial charge is 0.381 e. The molecule has 0 N–H and O–H groups in total. The van der Waals surface area contributed by atoms with Gasteiger partial charge in [-0.05, 0) is 42.7 Å². The quantitative estimate of drug-likeness (QED) is 0.846. The lowest BCUT2D eigenvalue weighted by Gasteiger charge is -2.25. The second-order valence-corrected chi connectivity index (χ2v) is 6.50. The number of carbonyl (C=O) groups excluding carboxylic acids is 1. The van der Waals surface area contributed by atoms with Gasteiger partial charge in [0.15, 0.2) is 0 Å². The molecular formula is C19H24N2O3. The van der Waals surface area contributed by atoms with Crippen LogP contribution in [-0.2, 0) is 16.1 Å². The molecule has 5 nitrogen and oxygen atoms in total. The number of fused-ring (bicyclic) bond motifs is 1. The first-order valence-corrected chi connectivity index (χ1v) is 8.55. The molecule has 128 valence electrons. The lowest BCUT2D eigenvalue weighted by Crippen LogP contribution is -2.35. The zero-order valence-corrected chi connectivity index (χ0v) is 14.1. The summed E-state index contributed by atoms with van der Waals surface area (Å²) in [4.78, 5) is 26.6. The van der Waals surface area contributed by atoms with Gasteiger partial charge >= 0.3 is 0 Å². The van der Waals surface area contributed by atoms with Gasteiger partial charge in [0, 0.05) is 38.4 Å². The van der Waals surface area contributed by atoms with Gasteiger partial charge in [-0.15, -0.1) is 0 Å². The van der Waals surface area contributed by atoms with Crippen molar-refractivity contribution in [2.45, 2.75) is 25.8 Å². The summed E-state index contributed by atoms with van der Waals surface area (Å²) in [7, 11) is 1.81. The molecule has 0 aliphatic carbocycles. The summed E-state index contributed by atoms with van der Waals surface area (Å²) in [6.45, 7) is 2.48. The molecule has 0 atom stereocenters. The molecule has 1 aliphatic rings. The van der Waals surface area contributed by atoms with E-state index in [2.05, 4.69) is 0 Å². The molecule has 0 bridgehead atoms. The van der Waals surface area contributed by atoms with Crippen LogP contribution in [0.15, 0.2) is 41.3 Å². The normalized spacial score (nSPS) is 15.5. The number of pyridine rings is 1. The number of hydrogen-bond acceptors (Lipinski definition) is 3. The van der Waals surface area contributed by atoms with Crippen molar-refractivity contribution < 1.29 is 9.53 Å². The molecule has 3 rings (SSSR count). The third kappa shape index (κ3) is 3.85. The van der Waals surface area contributed by atoms with Crippen LogP contribution in [0.3, 0.4) is 0 Å². The summed E-state index contributed by atoms with van der Waals surface area (Å²) in [5, 5.41) is 1.55. The molecule has 0 saturated carbocycles. The summed E-state index contributed by atoms with van der Waals surface area (Å²) < 4.78 is 6.86. The number of amides is 1. The Labute approximate surface area is 141 Å². The van der Waals surface area contributed by atoms with Gasteiger partial charge in [-0.2, -0.15) is 0 Å². The summed E-state index contributed by atoms with van der Waals surface area (Å²) in [6, 6.07) is 9.33. The Morgan fingerprint density at radius 2 is 2.00 bits per heavy atom. The first-order chi connectivity index (χ1) is 11.6. The molecule has 2 heterocycles. The van der Waals surface area contributed by atoms with Gasteiger partial charge in [-0.3, -0.25) is 9.59 Å². The van der Waals surface area contributed by atoms with Crippen LogP contribution in [0.1, 0.15) is 19.3 Å². The molecule has 1 aliphatic heterocycles. The molecule has 1 fully saturated rings. The monoisotopic (exact) mass is 328 g/mol. The van der Waals surface area contributed by atoms with Crippen LogP contribution in [-0.4, -0.2) is 42.2 Å². The van der Waals surface area contributed by atoms with Gasteiger partial charge < -0.3 is 14.2 Å². The van der Waals surface area contributed by atoms with E-state index in [4.69, 9.17) is 4.74 Å². The highest BCUT2D eigenvalue weighted by molar-refractivity contribution is 5.82. The fourth-order valence-electron chi connectivity index (χ4n) is 3.16. The van der Waals surface area contributed by atoms with Crippen molar-refractivity contribution >= 4 is 16.7 Å². The van der Waals surface area contributed by atoms with E-state index in [9.17, 15) is 9.59 Å². The minimum atomic E-state index is -0.112. The van der Waals surface area contributed by atoms with Crippen molar-refractivity contribution in [3.8, 4) is 0 Å². The van der Waals surface area contributed by atoms with Crippen molar-refractivity contribution in [2.24, 2.45) is 5.92 Å². The Balaban J connectivity index is 1.61. The van der Waals surface area contributed by atoms with Crippen molar-refractivity contribution in [3.05, 3.63) is 46.9 Å². The van der Waals surface area contributed by atoms with Crippen LogP contribution < -0.4 is 5.56 Å². The predicted octanol–water partition coefficient (Wildman–Crippen LogP) is 2.28. The molecule has 24 heavy (non-hydrogen) atoms. The lowest BCUT2D eigenvalue weighted by molar-refractivity contribution is -0.130. The van der Waals surface area contributed by atoms with Gasteiger partial charge in [0.1, 0.15) is 6.54 Å². The topological polar surface area (TPSA) is 51.5 Å². The van der Waals surface area contributed by atoms with Crippen LogP contribution in [0.5, 0.6) is 0 Å². The Morgan fingerprint density at radius 1 is 1.25 bits per heavy atom. The fraction of sp³-hybridized carbons (Fsp3) is 0.474. The Bertz CT molecular complexity index is 763. The summed E-state index contributed by atoms with van der Waals surface area (Å²) in [5.74, 6) is 0.608. The maximum Gasteiger partial charge on any atom is 0.258 e. The average molecular weight is 328 g/mol. The number of hydrogen-bond donors (Lipinski definition) is 0. The summed E-state index contributed by atoms with van der Waals surface area (Å²) >= 11 is 0. The highest BCUT2D eigenvalue weighted by Gasteiger charge is 2.16. The van der Waals surface area contributed by atoms with E-state index in [0.29, 0.717) is 11.3 Å². The minimum absolute atomic E-state index is 0.0283. The van der Waals surface area contributed by atoms with E-state index in [1.54, 1.807) is 17.2 Å². The van der Waals surface area contributed by atoms with E-state index < -0.39 is 0 Å². The van der Waals surface area contributed by atoms with E-state index in [1.807, 2.05) is 31.3 Å². The van der Waals surface area contributed by atoms with E-state index in [-0.39, 0.29) is 18.0 Å². The van der Waals surface area contributed by atoms with Gasteiger partial charge in [-0.1, -0.05) is 18.2 Å². The highest BCUT2D eigenvalue weighted by atomic mass is 16.5. The molecule has 0 radical (unpaired) electrons. The Morgan fingerprint density at radius 3 is 2.79 bits per heavy atom. The maximum atomic E-state index is 12.5. The van der Waals surface area contributed by atoms with Crippen molar-refractivity contribution in [1.82, 2.24) is 9.47 Å². The molecular weight excluding hydrogens is 304 g/mol. The van der Waals surface area contributed by atoms with Gasteiger partial charge in [-0.25, -0.2) is 0 Å². The zero-order chi connectivity index (χ0) is 16.9. The van der Waals surface area contributed by atoms with Gasteiger partial charge in [0.2, 0.25) is 5.91 Å². The molecule has 0 spiro atoms. The Kier molecular flexibility index (Phi) is 5.30. The molecule has 1 aromatic carbocycles. The molecule has 5 heteroatoms. The average Bonchev–Trinajstić information content (AvgIpc) is 2.63. The molecule has 1 aromatic heterocycles. The van der Waals surface area contributed by atoms with Crippen LogP contribution in [0.25, 0.3) is 10.8 Å². The fourth-order valence-corrected chi connectivity index (χ4v) is 3.16. The first kappa shape index (κ1) is 16.7.